The van der Waals surface area contributed by atoms with Gasteiger partial charge in [0, 0.05) is 39.0 Å². The number of hydrogen-bond donors (Lipinski definition) is 0. The van der Waals surface area contributed by atoms with Gasteiger partial charge < -0.3 is 19.3 Å². The summed E-state index contributed by atoms with van der Waals surface area (Å²) in [5, 5.41) is 0. The lowest BCUT2D eigenvalue weighted by atomic mass is 9.86. The number of carbonyl (C=O) groups excluding carboxylic acids is 2. The molecule has 178 valence electrons. The molecule has 0 radical (unpaired) electrons. The molecule has 32 heavy (non-hydrogen) atoms. The molecule has 1 heterocycles. The van der Waals surface area contributed by atoms with E-state index in [0.29, 0.717) is 44.7 Å². The first-order chi connectivity index (χ1) is 15.6. The van der Waals surface area contributed by atoms with Gasteiger partial charge in [-0.25, -0.2) is 0 Å². The summed E-state index contributed by atoms with van der Waals surface area (Å²) in [4.78, 5) is 29.4. The van der Waals surface area contributed by atoms with Crippen LogP contribution >= 0.6 is 0 Å². The van der Waals surface area contributed by atoms with Gasteiger partial charge >= 0.3 is 0 Å². The summed E-state index contributed by atoms with van der Waals surface area (Å²) in [6.07, 6.45) is 10.3. The highest BCUT2D eigenvalue weighted by Gasteiger charge is 2.23. The van der Waals surface area contributed by atoms with E-state index >= 15 is 0 Å². The molecule has 0 spiro atoms. The summed E-state index contributed by atoms with van der Waals surface area (Å²) >= 11 is 0. The number of hydrogen-bond acceptors (Lipinski definition) is 4. The highest BCUT2D eigenvalue weighted by molar-refractivity contribution is 5.78. The topological polar surface area (TPSA) is 59.1 Å². The summed E-state index contributed by atoms with van der Waals surface area (Å²) in [6, 6.07) is 5.86. The number of carbonyl (C=O) groups is 2. The second-order valence-electron chi connectivity index (χ2n) is 9.08. The Labute approximate surface area is 193 Å². The van der Waals surface area contributed by atoms with Crippen molar-refractivity contribution in [2.24, 2.45) is 5.92 Å². The highest BCUT2D eigenvalue weighted by Crippen LogP contribution is 2.29. The van der Waals surface area contributed by atoms with Crippen LogP contribution in [0.15, 0.2) is 18.2 Å². The summed E-state index contributed by atoms with van der Waals surface area (Å²) in [6.45, 7) is 5.33. The van der Waals surface area contributed by atoms with Crippen LogP contribution in [0.5, 0.6) is 11.5 Å². The molecule has 2 amide bonds. The zero-order valence-electron chi connectivity index (χ0n) is 19.9. The Balaban J connectivity index is 1.43. The van der Waals surface area contributed by atoms with Crippen LogP contribution in [0.25, 0.3) is 0 Å². The molecule has 2 fully saturated rings. The van der Waals surface area contributed by atoms with Crippen molar-refractivity contribution in [2.45, 2.75) is 71.1 Å². The monoisotopic (exact) mass is 444 g/mol. The fraction of sp³-hybridized carbons (Fsp3) is 0.692. The molecule has 3 rings (SSSR count). The predicted molar refractivity (Wildman–Crippen MR) is 126 cm³/mol. The summed E-state index contributed by atoms with van der Waals surface area (Å²) in [5.74, 6) is 2.60. The maximum Gasteiger partial charge on any atom is 0.222 e. The van der Waals surface area contributed by atoms with Crippen molar-refractivity contribution in [1.29, 1.82) is 0 Å². The molecule has 1 aliphatic carbocycles. The number of aryl methyl sites for hydroxylation is 1. The second-order valence-corrected chi connectivity index (χ2v) is 9.08. The average Bonchev–Trinajstić information content (AvgIpc) is 3.09. The van der Waals surface area contributed by atoms with Crippen molar-refractivity contribution in [3.8, 4) is 11.5 Å². The number of methoxy groups -OCH3 is 1. The lowest BCUT2D eigenvalue weighted by Crippen LogP contribution is -2.37. The van der Waals surface area contributed by atoms with E-state index in [4.69, 9.17) is 9.47 Å². The van der Waals surface area contributed by atoms with Crippen molar-refractivity contribution in [3.63, 3.8) is 0 Å². The molecule has 0 aromatic heterocycles. The molecule has 0 N–H and O–H groups in total. The average molecular weight is 445 g/mol. The fourth-order valence-corrected chi connectivity index (χ4v) is 4.93. The van der Waals surface area contributed by atoms with Crippen LogP contribution in [0, 0.1) is 5.92 Å². The maximum atomic E-state index is 12.8. The van der Waals surface area contributed by atoms with Gasteiger partial charge in [0.05, 0.1) is 13.7 Å². The zero-order valence-corrected chi connectivity index (χ0v) is 19.9. The van der Waals surface area contributed by atoms with Crippen molar-refractivity contribution < 1.29 is 19.1 Å². The third-order valence-corrected chi connectivity index (χ3v) is 6.85. The van der Waals surface area contributed by atoms with E-state index in [9.17, 15) is 9.59 Å². The molecule has 6 heteroatoms. The summed E-state index contributed by atoms with van der Waals surface area (Å²) in [7, 11) is 1.63. The number of amides is 2. The third kappa shape index (κ3) is 7.14. The molecule has 1 saturated carbocycles. The van der Waals surface area contributed by atoms with Crippen molar-refractivity contribution in [2.75, 3.05) is 39.9 Å². The molecule has 1 aromatic rings. The van der Waals surface area contributed by atoms with Crippen LogP contribution < -0.4 is 9.47 Å². The van der Waals surface area contributed by atoms with Crippen molar-refractivity contribution >= 4 is 11.8 Å². The normalized spacial score (nSPS) is 17.7. The molecule has 6 nitrogen and oxygen atoms in total. The Bertz CT molecular complexity index is 745. The first-order valence-corrected chi connectivity index (χ1v) is 12.5. The number of benzene rings is 1. The van der Waals surface area contributed by atoms with Gasteiger partial charge in [0.2, 0.25) is 11.8 Å². The van der Waals surface area contributed by atoms with E-state index in [2.05, 4.69) is 0 Å². The lowest BCUT2D eigenvalue weighted by Gasteiger charge is -2.24. The Hall–Kier alpha value is -2.24. The molecule has 1 aromatic carbocycles. The Morgan fingerprint density at radius 3 is 2.25 bits per heavy atom. The molecule has 0 unspecified atom stereocenters. The molecule has 0 atom stereocenters. The van der Waals surface area contributed by atoms with E-state index in [-0.39, 0.29) is 11.8 Å². The first kappa shape index (κ1) is 24.4. The van der Waals surface area contributed by atoms with E-state index in [1.807, 2.05) is 34.9 Å². The number of rotatable bonds is 9. The van der Waals surface area contributed by atoms with Gasteiger partial charge in [-0.15, -0.1) is 0 Å². The minimum atomic E-state index is 0.161. The van der Waals surface area contributed by atoms with Gasteiger partial charge in [-0.1, -0.05) is 38.2 Å². The first-order valence-electron chi connectivity index (χ1n) is 12.5. The lowest BCUT2D eigenvalue weighted by molar-refractivity contribution is -0.133. The van der Waals surface area contributed by atoms with Crippen LogP contribution in [0.1, 0.15) is 70.3 Å². The van der Waals surface area contributed by atoms with Gasteiger partial charge in [0.15, 0.2) is 11.5 Å². The Kier molecular flexibility index (Phi) is 9.69. The molecular weight excluding hydrogens is 404 g/mol. The van der Waals surface area contributed by atoms with Gasteiger partial charge in [-0.3, -0.25) is 9.59 Å². The summed E-state index contributed by atoms with van der Waals surface area (Å²) < 4.78 is 11.0. The Morgan fingerprint density at radius 1 is 0.906 bits per heavy atom. The van der Waals surface area contributed by atoms with Gasteiger partial charge in [0.25, 0.3) is 0 Å². The standard InChI is InChI=1S/C26H40N2O4/c1-3-32-23-13-10-22(20-24(23)31-2)12-15-26(30)28-17-7-16-27(18-19-28)25(29)14-11-21-8-5-4-6-9-21/h10,13,20-21H,3-9,11-12,14-19H2,1-2H3. The third-order valence-electron chi connectivity index (χ3n) is 6.85. The molecule has 2 aliphatic rings. The maximum absolute atomic E-state index is 12.8. The molecule has 1 saturated heterocycles. The minimum absolute atomic E-state index is 0.161. The zero-order chi connectivity index (χ0) is 22.8. The number of ether oxygens (including phenoxy) is 2. The van der Waals surface area contributed by atoms with Gasteiger partial charge in [-0.2, -0.15) is 0 Å². The van der Waals surface area contributed by atoms with Crippen LogP contribution in [0.3, 0.4) is 0 Å². The minimum Gasteiger partial charge on any atom is -0.493 e. The van der Waals surface area contributed by atoms with Crippen LogP contribution in [0.4, 0.5) is 0 Å². The SMILES string of the molecule is CCOc1ccc(CCC(=O)N2CCCN(C(=O)CCC3CCCCC3)CC2)cc1OC. The van der Waals surface area contributed by atoms with Gasteiger partial charge in [0.1, 0.15) is 0 Å². The smallest absolute Gasteiger partial charge is 0.222 e. The van der Waals surface area contributed by atoms with E-state index < -0.39 is 0 Å². The van der Waals surface area contributed by atoms with Crippen LogP contribution in [0.2, 0.25) is 0 Å². The molecular formula is C26H40N2O4. The van der Waals surface area contributed by atoms with E-state index in [1.165, 1.54) is 32.1 Å². The van der Waals surface area contributed by atoms with E-state index in [1.54, 1.807) is 7.11 Å². The molecule has 1 aliphatic heterocycles. The van der Waals surface area contributed by atoms with Crippen molar-refractivity contribution in [3.05, 3.63) is 23.8 Å². The largest absolute Gasteiger partial charge is 0.493 e. The number of nitrogens with zero attached hydrogens (tertiary/aromatic N) is 2. The highest BCUT2D eigenvalue weighted by atomic mass is 16.5. The summed E-state index contributed by atoms with van der Waals surface area (Å²) in [5.41, 5.74) is 1.06. The Morgan fingerprint density at radius 2 is 1.59 bits per heavy atom. The second kappa shape index (κ2) is 12.7. The quantitative estimate of drug-likeness (QED) is 0.565. The van der Waals surface area contributed by atoms with Crippen LogP contribution in [-0.2, 0) is 16.0 Å². The van der Waals surface area contributed by atoms with Crippen molar-refractivity contribution in [1.82, 2.24) is 9.80 Å². The van der Waals surface area contributed by atoms with Crippen LogP contribution in [-0.4, -0.2) is 61.5 Å². The van der Waals surface area contributed by atoms with Gasteiger partial charge in [-0.05, 0) is 49.8 Å². The van der Waals surface area contributed by atoms with E-state index in [0.717, 1.165) is 43.2 Å². The fourth-order valence-electron chi connectivity index (χ4n) is 4.93. The molecule has 0 bridgehead atoms. The predicted octanol–water partition coefficient (Wildman–Crippen LogP) is 4.45.